The van der Waals surface area contributed by atoms with Gasteiger partial charge >= 0.3 is 6.09 Å². The van der Waals surface area contributed by atoms with Gasteiger partial charge in [-0.05, 0) is 34.1 Å². The molecule has 0 aliphatic carbocycles. The van der Waals surface area contributed by atoms with Crippen molar-refractivity contribution in [2.75, 3.05) is 25.8 Å². The van der Waals surface area contributed by atoms with E-state index in [1.54, 1.807) is 40.2 Å². The standard InChI is InChI=1S/C13H21N2O4P/c1-13(2,3)19-12(16)15-9-8-14-11(20(5,6)17)7-10(9)18-4/h7-8H,1-6H3,(H,15,16). The molecule has 0 saturated heterocycles. The van der Waals surface area contributed by atoms with Gasteiger partial charge in [0.2, 0.25) is 0 Å². The summed E-state index contributed by atoms with van der Waals surface area (Å²) in [5, 5.41) is 2.56. The molecule has 0 bridgehead atoms. The van der Waals surface area contributed by atoms with Crippen LogP contribution in [-0.4, -0.2) is 37.1 Å². The van der Waals surface area contributed by atoms with Crippen LogP contribution in [0.15, 0.2) is 12.3 Å². The summed E-state index contributed by atoms with van der Waals surface area (Å²) in [7, 11) is -1.01. The summed E-state index contributed by atoms with van der Waals surface area (Å²) in [4.78, 5) is 15.8. The molecule has 112 valence electrons. The minimum Gasteiger partial charge on any atom is -0.494 e. The quantitative estimate of drug-likeness (QED) is 0.868. The molecule has 1 N–H and O–H groups in total. The second-order valence-electron chi connectivity index (χ2n) is 5.72. The maximum absolute atomic E-state index is 12.0. The van der Waals surface area contributed by atoms with Gasteiger partial charge in [0.1, 0.15) is 29.6 Å². The summed E-state index contributed by atoms with van der Waals surface area (Å²) in [6.07, 6.45) is 0.819. The van der Waals surface area contributed by atoms with Gasteiger partial charge in [0, 0.05) is 6.07 Å². The van der Waals surface area contributed by atoms with Crippen LogP contribution in [0, 0.1) is 0 Å². The number of rotatable bonds is 3. The van der Waals surface area contributed by atoms with Crippen molar-refractivity contribution in [1.29, 1.82) is 0 Å². The lowest BCUT2D eigenvalue weighted by molar-refractivity contribution is 0.0635. The van der Waals surface area contributed by atoms with Gasteiger partial charge in [0.25, 0.3) is 0 Å². The van der Waals surface area contributed by atoms with Gasteiger partial charge in [-0.25, -0.2) is 4.79 Å². The molecular weight excluding hydrogens is 279 g/mol. The molecule has 1 amide bonds. The molecule has 6 nitrogen and oxygen atoms in total. The highest BCUT2D eigenvalue weighted by molar-refractivity contribution is 7.69. The van der Waals surface area contributed by atoms with E-state index in [0.717, 1.165) is 0 Å². The van der Waals surface area contributed by atoms with Gasteiger partial charge in [-0.3, -0.25) is 10.3 Å². The van der Waals surface area contributed by atoms with Gasteiger partial charge in [-0.15, -0.1) is 0 Å². The minimum absolute atomic E-state index is 0.374. The number of aromatic nitrogens is 1. The number of hydrogen-bond donors (Lipinski definition) is 1. The zero-order valence-corrected chi connectivity index (χ0v) is 13.6. The molecule has 0 unspecified atom stereocenters. The van der Waals surface area contributed by atoms with Gasteiger partial charge < -0.3 is 14.0 Å². The van der Waals surface area contributed by atoms with Gasteiger partial charge in [-0.2, -0.15) is 0 Å². The smallest absolute Gasteiger partial charge is 0.412 e. The van der Waals surface area contributed by atoms with Crippen molar-refractivity contribution in [1.82, 2.24) is 4.98 Å². The third-order valence-corrected chi connectivity index (χ3v) is 3.61. The average molecular weight is 300 g/mol. The summed E-state index contributed by atoms with van der Waals surface area (Å²) in [6.45, 7) is 8.56. The predicted octanol–water partition coefficient (Wildman–Crippen LogP) is 2.69. The molecule has 20 heavy (non-hydrogen) atoms. The number of pyridine rings is 1. The van der Waals surface area contributed by atoms with Crippen molar-refractivity contribution >= 4 is 24.4 Å². The summed E-state index contributed by atoms with van der Waals surface area (Å²) in [6, 6.07) is 1.56. The number of nitrogens with zero attached hydrogens (tertiary/aromatic N) is 1. The molecule has 1 aromatic heterocycles. The molecule has 0 aliphatic rings. The summed E-state index contributed by atoms with van der Waals surface area (Å²) in [5.74, 6) is 0.393. The Morgan fingerprint density at radius 3 is 2.40 bits per heavy atom. The van der Waals surface area contributed by atoms with E-state index in [0.29, 0.717) is 16.9 Å². The highest BCUT2D eigenvalue weighted by atomic mass is 31.2. The van der Waals surface area contributed by atoms with E-state index in [2.05, 4.69) is 10.3 Å². The average Bonchev–Trinajstić information content (AvgIpc) is 2.25. The first-order valence-corrected chi connectivity index (χ1v) is 8.72. The van der Waals surface area contributed by atoms with Crippen molar-refractivity contribution in [2.45, 2.75) is 26.4 Å². The van der Waals surface area contributed by atoms with Gasteiger partial charge in [0.15, 0.2) is 0 Å². The lowest BCUT2D eigenvalue weighted by atomic mass is 10.2. The topological polar surface area (TPSA) is 77.5 Å². The second kappa shape index (κ2) is 5.83. The number of ether oxygens (including phenoxy) is 2. The Labute approximate surface area is 119 Å². The van der Waals surface area contributed by atoms with Crippen molar-refractivity contribution in [3.63, 3.8) is 0 Å². The fraction of sp³-hybridized carbons (Fsp3) is 0.538. The molecular formula is C13H21N2O4P. The van der Waals surface area contributed by atoms with Crippen molar-refractivity contribution in [3.8, 4) is 5.75 Å². The Bertz CT molecular complexity index is 546. The molecule has 0 saturated carbocycles. The van der Waals surface area contributed by atoms with Crippen LogP contribution >= 0.6 is 7.14 Å². The number of anilines is 1. The second-order valence-corrected chi connectivity index (χ2v) is 8.88. The molecule has 1 rings (SSSR count). The monoisotopic (exact) mass is 300 g/mol. The van der Waals surface area contributed by atoms with Crippen LogP contribution in [0.3, 0.4) is 0 Å². The van der Waals surface area contributed by atoms with Crippen molar-refractivity contribution in [3.05, 3.63) is 12.3 Å². The molecule has 0 aromatic carbocycles. The maximum Gasteiger partial charge on any atom is 0.412 e. The Kier molecular flexibility index (Phi) is 4.81. The van der Waals surface area contributed by atoms with Crippen molar-refractivity contribution in [2.24, 2.45) is 0 Å². The maximum atomic E-state index is 12.0. The largest absolute Gasteiger partial charge is 0.494 e. The first-order chi connectivity index (χ1) is 9.03. The molecule has 0 radical (unpaired) electrons. The number of carbonyl (C=O) groups is 1. The zero-order chi connectivity index (χ0) is 15.6. The third kappa shape index (κ3) is 4.85. The molecule has 1 aromatic rings. The van der Waals surface area contributed by atoms with Crippen LogP contribution in [-0.2, 0) is 9.30 Å². The lowest BCUT2D eigenvalue weighted by Crippen LogP contribution is -2.27. The molecule has 0 spiro atoms. The molecule has 0 atom stereocenters. The number of carbonyl (C=O) groups excluding carboxylic acids is 1. The Morgan fingerprint density at radius 2 is 1.95 bits per heavy atom. The van der Waals surface area contributed by atoms with E-state index in [4.69, 9.17) is 9.47 Å². The number of methoxy groups -OCH3 is 1. The van der Waals surface area contributed by atoms with Crippen LogP contribution in [0.4, 0.5) is 10.5 Å². The predicted molar refractivity (Wildman–Crippen MR) is 79.7 cm³/mol. The number of hydrogen-bond acceptors (Lipinski definition) is 5. The fourth-order valence-corrected chi connectivity index (χ4v) is 2.16. The Morgan fingerprint density at radius 1 is 1.35 bits per heavy atom. The SMILES string of the molecule is COc1cc(P(C)(C)=O)ncc1NC(=O)OC(C)(C)C. The third-order valence-electron chi connectivity index (χ3n) is 2.26. The molecule has 7 heteroatoms. The van der Waals surface area contributed by atoms with E-state index in [1.165, 1.54) is 13.3 Å². The van der Waals surface area contributed by atoms with Gasteiger partial charge in [-0.1, -0.05) is 0 Å². The van der Waals surface area contributed by atoms with E-state index >= 15 is 0 Å². The highest BCUT2D eigenvalue weighted by Crippen LogP contribution is 2.36. The lowest BCUT2D eigenvalue weighted by Gasteiger charge is -2.20. The van der Waals surface area contributed by atoms with Crippen molar-refractivity contribution < 1.29 is 18.8 Å². The molecule has 0 aliphatic heterocycles. The number of nitrogens with one attached hydrogen (secondary N) is 1. The van der Waals surface area contributed by atoms with E-state index < -0.39 is 18.8 Å². The highest BCUT2D eigenvalue weighted by Gasteiger charge is 2.20. The normalized spacial score (nSPS) is 11.9. The van der Waals surface area contributed by atoms with Crippen LogP contribution in [0.2, 0.25) is 0 Å². The van der Waals surface area contributed by atoms with E-state index in [-0.39, 0.29) is 0 Å². The first kappa shape index (κ1) is 16.5. The summed E-state index contributed by atoms with van der Waals surface area (Å²) >= 11 is 0. The van der Waals surface area contributed by atoms with Crippen LogP contribution in [0.25, 0.3) is 0 Å². The summed E-state index contributed by atoms with van der Waals surface area (Å²) in [5.41, 5.74) is 0.232. The Balaban J connectivity index is 2.97. The van der Waals surface area contributed by atoms with Crippen LogP contribution in [0.1, 0.15) is 20.8 Å². The first-order valence-electron chi connectivity index (χ1n) is 6.12. The zero-order valence-electron chi connectivity index (χ0n) is 12.7. The van der Waals surface area contributed by atoms with Crippen LogP contribution in [0.5, 0.6) is 5.75 Å². The number of amides is 1. The molecule has 1 heterocycles. The van der Waals surface area contributed by atoms with Crippen LogP contribution < -0.4 is 15.5 Å². The van der Waals surface area contributed by atoms with E-state index in [9.17, 15) is 9.36 Å². The Hall–Kier alpha value is -1.55. The van der Waals surface area contributed by atoms with E-state index in [1.807, 2.05) is 0 Å². The molecule has 0 fully saturated rings. The summed E-state index contributed by atoms with van der Waals surface area (Å²) < 4.78 is 22.3. The van der Waals surface area contributed by atoms with Gasteiger partial charge in [0.05, 0.1) is 13.3 Å². The fourth-order valence-electron chi connectivity index (χ4n) is 1.40. The minimum atomic E-state index is -2.48.